The van der Waals surface area contributed by atoms with E-state index in [1.54, 1.807) is 33.8 Å². The zero-order chi connectivity index (χ0) is 31.3. The minimum atomic E-state index is -1.24. The fourth-order valence-electron chi connectivity index (χ4n) is 3.88. The molecule has 1 aliphatic carbocycles. The standard InChI is InChI=1S/C27H44N4O10/c1-10-19(11-2)40-21-14-18(23(34)37-12-3)13-20(22(21)28-15(4)32)29-24(31-26(36)41-27(7,8)9)30-25(35)39-17(6)38-16(5)33/h14,17,19-22H,10-13H2,1-9H3,(H,28,32)(H2,29,30,31,35,36)/t17?,20-,21+,22+/m0/s1. The summed E-state index contributed by atoms with van der Waals surface area (Å²) < 4.78 is 26.5. The van der Waals surface area contributed by atoms with Crippen molar-refractivity contribution >= 4 is 36.0 Å². The third-order valence-electron chi connectivity index (χ3n) is 5.47. The number of nitrogens with one attached hydrogen (secondary N) is 3. The highest BCUT2D eigenvalue weighted by atomic mass is 16.7. The summed E-state index contributed by atoms with van der Waals surface area (Å²) in [6.07, 6.45) is -1.33. The van der Waals surface area contributed by atoms with E-state index in [0.29, 0.717) is 12.8 Å². The third kappa shape index (κ3) is 13.5. The Balaban J connectivity index is 3.53. The number of carbonyl (C=O) groups is 5. The molecule has 41 heavy (non-hydrogen) atoms. The number of amides is 3. The summed E-state index contributed by atoms with van der Waals surface area (Å²) in [6.45, 7) is 14.4. The van der Waals surface area contributed by atoms with Gasteiger partial charge in [-0.2, -0.15) is 0 Å². The van der Waals surface area contributed by atoms with E-state index < -0.39 is 60.2 Å². The molecule has 232 valence electrons. The molecule has 0 saturated heterocycles. The SMILES string of the molecule is CCOC(=O)C1=C[C@@H](OC(CC)CC)[C@H](NC(C)=O)[C@@H](N=C(NC(=O)OC(C)OC(C)=O)NC(=O)OC(C)(C)C)C1. The lowest BCUT2D eigenvalue weighted by atomic mass is 9.88. The van der Waals surface area contributed by atoms with Crippen molar-refractivity contribution in [3.8, 4) is 0 Å². The monoisotopic (exact) mass is 584 g/mol. The number of esters is 2. The lowest BCUT2D eigenvalue weighted by Crippen LogP contribution is -2.55. The van der Waals surface area contributed by atoms with E-state index in [1.807, 2.05) is 13.8 Å². The van der Waals surface area contributed by atoms with Crippen LogP contribution in [0.5, 0.6) is 0 Å². The molecular weight excluding hydrogens is 540 g/mol. The van der Waals surface area contributed by atoms with E-state index in [1.165, 1.54) is 13.8 Å². The van der Waals surface area contributed by atoms with Crippen molar-refractivity contribution < 1.29 is 47.7 Å². The molecule has 14 nitrogen and oxygen atoms in total. The third-order valence-corrected chi connectivity index (χ3v) is 5.47. The number of hydrogen-bond acceptors (Lipinski definition) is 11. The van der Waals surface area contributed by atoms with E-state index in [2.05, 4.69) is 20.9 Å². The summed E-state index contributed by atoms with van der Waals surface area (Å²) in [5.41, 5.74) is -0.627. The molecule has 0 aromatic heterocycles. The molecule has 0 aromatic rings. The van der Waals surface area contributed by atoms with Crippen molar-refractivity contribution in [1.82, 2.24) is 16.0 Å². The first-order chi connectivity index (χ1) is 19.1. The zero-order valence-corrected chi connectivity index (χ0v) is 25.3. The molecule has 0 heterocycles. The second kappa shape index (κ2) is 16.6. The minimum absolute atomic E-state index is 0.0212. The molecule has 3 amide bonds. The second-order valence-corrected chi connectivity index (χ2v) is 10.3. The quantitative estimate of drug-likeness (QED) is 0.114. The molecule has 1 rings (SSSR count). The van der Waals surface area contributed by atoms with Crippen LogP contribution in [0.15, 0.2) is 16.6 Å². The van der Waals surface area contributed by atoms with Gasteiger partial charge in [-0.15, -0.1) is 0 Å². The summed E-state index contributed by atoms with van der Waals surface area (Å²) in [7, 11) is 0. The summed E-state index contributed by atoms with van der Waals surface area (Å²) in [4.78, 5) is 65.8. The topological polar surface area (TPSA) is 180 Å². The number of hydrogen-bond donors (Lipinski definition) is 3. The molecule has 1 aliphatic rings. The van der Waals surface area contributed by atoms with Crippen molar-refractivity contribution in [2.24, 2.45) is 4.99 Å². The van der Waals surface area contributed by atoms with E-state index in [4.69, 9.17) is 23.7 Å². The number of ether oxygens (including phenoxy) is 5. The number of guanidine groups is 1. The number of carbonyl (C=O) groups excluding carboxylic acids is 5. The number of alkyl carbamates (subject to hydrolysis) is 2. The highest BCUT2D eigenvalue weighted by Crippen LogP contribution is 2.27. The number of nitrogens with zero attached hydrogens (tertiary/aromatic N) is 1. The van der Waals surface area contributed by atoms with Crippen LogP contribution in [-0.2, 0) is 38.1 Å². The van der Waals surface area contributed by atoms with Crippen molar-refractivity contribution in [2.45, 2.75) is 118 Å². The summed E-state index contributed by atoms with van der Waals surface area (Å²) in [6, 6.07) is -1.71. The van der Waals surface area contributed by atoms with Gasteiger partial charge in [0, 0.05) is 32.8 Å². The number of rotatable bonds is 10. The predicted octanol–water partition coefficient (Wildman–Crippen LogP) is 2.84. The Morgan fingerprint density at radius 1 is 1.00 bits per heavy atom. The molecule has 3 N–H and O–H groups in total. The maximum absolute atomic E-state index is 12.7. The van der Waals surface area contributed by atoms with Crippen molar-refractivity contribution in [2.75, 3.05) is 6.61 Å². The maximum Gasteiger partial charge on any atom is 0.417 e. The Kier molecular flexibility index (Phi) is 14.3. The Labute approximate surface area is 240 Å². The molecule has 0 bridgehead atoms. The van der Waals surface area contributed by atoms with Crippen molar-refractivity contribution in [3.63, 3.8) is 0 Å². The molecule has 0 aromatic carbocycles. The largest absolute Gasteiger partial charge is 0.463 e. The van der Waals surface area contributed by atoms with E-state index in [-0.39, 0.29) is 30.6 Å². The summed E-state index contributed by atoms with van der Waals surface area (Å²) >= 11 is 0. The molecule has 1 unspecified atom stereocenters. The van der Waals surface area contributed by atoms with Crippen LogP contribution in [0.2, 0.25) is 0 Å². The van der Waals surface area contributed by atoms with Gasteiger partial charge in [-0.05, 0) is 46.6 Å². The molecule has 0 saturated carbocycles. The molecule has 0 aliphatic heterocycles. The first-order valence-electron chi connectivity index (χ1n) is 13.6. The van der Waals surface area contributed by atoms with Crippen LogP contribution in [-0.4, -0.2) is 78.8 Å². The minimum Gasteiger partial charge on any atom is -0.463 e. The van der Waals surface area contributed by atoms with Crippen LogP contribution in [0.3, 0.4) is 0 Å². The van der Waals surface area contributed by atoms with Gasteiger partial charge in [-0.3, -0.25) is 20.2 Å². The van der Waals surface area contributed by atoms with Gasteiger partial charge in [0.25, 0.3) is 0 Å². The molecular formula is C27H44N4O10. The van der Waals surface area contributed by atoms with Gasteiger partial charge in [-0.25, -0.2) is 19.4 Å². The normalized spacial score (nSPS) is 19.8. The van der Waals surface area contributed by atoms with Crippen LogP contribution in [0.25, 0.3) is 0 Å². The summed E-state index contributed by atoms with van der Waals surface area (Å²) in [5, 5.41) is 7.49. The molecule has 0 fully saturated rings. The predicted molar refractivity (Wildman–Crippen MR) is 148 cm³/mol. The molecule has 14 heteroatoms. The van der Waals surface area contributed by atoms with E-state index >= 15 is 0 Å². The van der Waals surface area contributed by atoms with Gasteiger partial charge in [0.1, 0.15) is 5.60 Å². The van der Waals surface area contributed by atoms with Crippen molar-refractivity contribution in [3.05, 3.63) is 11.6 Å². The van der Waals surface area contributed by atoms with Crippen LogP contribution in [0, 0.1) is 0 Å². The Hall–Kier alpha value is -3.68. The van der Waals surface area contributed by atoms with Crippen LogP contribution < -0.4 is 16.0 Å². The van der Waals surface area contributed by atoms with Crippen LogP contribution in [0.4, 0.5) is 9.59 Å². The average molecular weight is 585 g/mol. The van der Waals surface area contributed by atoms with Crippen molar-refractivity contribution in [1.29, 1.82) is 0 Å². The molecule has 0 spiro atoms. The van der Waals surface area contributed by atoms with Gasteiger partial charge in [0.2, 0.25) is 18.2 Å². The van der Waals surface area contributed by atoms with Crippen LogP contribution in [0.1, 0.15) is 81.6 Å². The van der Waals surface area contributed by atoms with Gasteiger partial charge in [0.05, 0.1) is 30.9 Å². The van der Waals surface area contributed by atoms with E-state index in [0.717, 1.165) is 6.92 Å². The Bertz CT molecular complexity index is 1000. The van der Waals surface area contributed by atoms with Crippen LogP contribution >= 0.6 is 0 Å². The van der Waals surface area contributed by atoms with Gasteiger partial charge in [-0.1, -0.05) is 13.8 Å². The average Bonchev–Trinajstić information content (AvgIpc) is 2.81. The smallest absolute Gasteiger partial charge is 0.417 e. The highest BCUT2D eigenvalue weighted by molar-refractivity contribution is 6.01. The van der Waals surface area contributed by atoms with Gasteiger partial charge in [0.15, 0.2) is 0 Å². The fourth-order valence-corrected chi connectivity index (χ4v) is 3.88. The van der Waals surface area contributed by atoms with Gasteiger partial charge >= 0.3 is 24.1 Å². The summed E-state index contributed by atoms with van der Waals surface area (Å²) in [5.74, 6) is -2.04. The first-order valence-corrected chi connectivity index (χ1v) is 13.6. The molecule has 4 atom stereocenters. The van der Waals surface area contributed by atoms with E-state index in [9.17, 15) is 24.0 Å². The number of aliphatic imine (C=N–C) groups is 1. The van der Waals surface area contributed by atoms with Gasteiger partial charge < -0.3 is 29.0 Å². The fraction of sp³-hybridized carbons (Fsp3) is 0.704. The lowest BCUT2D eigenvalue weighted by molar-refractivity contribution is -0.161. The second-order valence-electron chi connectivity index (χ2n) is 10.3. The first kappa shape index (κ1) is 35.3. The maximum atomic E-state index is 12.7. The lowest BCUT2D eigenvalue weighted by Gasteiger charge is -2.37. The highest BCUT2D eigenvalue weighted by Gasteiger charge is 2.38. The Morgan fingerprint density at radius 2 is 1.61 bits per heavy atom. The Morgan fingerprint density at radius 3 is 2.12 bits per heavy atom. The molecule has 0 radical (unpaired) electrons. The zero-order valence-electron chi connectivity index (χ0n) is 25.3.